The average Bonchev–Trinajstić information content (AvgIpc) is 3.66. The van der Waals surface area contributed by atoms with E-state index in [0.29, 0.717) is 31.0 Å². The summed E-state index contributed by atoms with van der Waals surface area (Å²) in [5, 5.41) is 15.8. The number of nitrogens with zero attached hydrogens (tertiary/aromatic N) is 1. The maximum atomic E-state index is 13.7. The zero-order valence-electron chi connectivity index (χ0n) is 20.3. The summed E-state index contributed by atoms with van der Waals surface area (Å²) in [6, 6.07) is 5.57. The Morgan fingerprint density at radius 2 is 2.08 bits per heavy atom. The van der Waals surface area contributed by atoms with Crippen LogP contribution in [0.4, 0.5) is 0 Å². The van der Waals surface area contributed by atoms with Crippen LogP contribution in [0.25, 0.3) is 10.9 Å². The molecule has 10 heteroatoms. The van der Waals surface area contributed by atoms with E-state index in [4.69, 9.17) is 4.74 Å². The molecule has 3 aliphatic rings. The Hall–Kier alpha value is -3.40. The van der Waals surface area contributed by atoms with Crippen LogP contribution in [0, 0.1) is 17.8 Å². The van der Waals surface area contributed by atoms with Gasteiger partial charge >= 0.3 is 0 Å². The highest BCUT2D eigenvalue weighted by molar-refractivity contribution is 6.02. The van der Waals surface area contributed by atoms with Gasteiger partial charge in [-0.1, -0.05) is 12.5 Å². The second kappa shape index (κ2) is 9.93. The molecule has 3 amide bonds. The standard InChI is InChI=1S/C26H32N4O6/c1-36-22-7-3-6-18-17(22)11-20(28-18)26(35)30-12-15-4-2-5-16(15)23(30)25(34)29-19(21(32)13-31)10-14-8-9-27-24(14)33/h3,6-7,11,14-16,19,23,28,31H,2,4-5,8-10,12-13H2,1H3,(H,27,33)(H,29,34). The number of ketones is 1. The van der Waals surface area contributed by atoms with Crippen LogP contribution < -0.4 is 15.4 Å². The number of aromatic amines is 1. The minimum atomic E-state index is -0.980. The number of rotatable bonds is 8. The molecule has 2 aliphatic heterocycles. The topological polar surface area (TPSA) is 141 Å². The first kappa shape index (κ1) is 24.3. The molecule has 0 bridgehead atoms. The highest BCUT2D eigenvalue weighted by Gasteiger charge is 2.50. The van der Waals surface area contributed by atoms with Crippen molar-refractivity contribution >= 4 is 34.4 Å². The molecule has 1 saturated carbocycles. The molecule has 5 rings (SSSR count). The summed E-state index contributed by atoms with van der Waals surface area (Å²) in [4.78, 5) is 56.6. The molecule has 10 nitrogen and oxygen atoms in total. The number of nitrogens with one attached hydrogen (secondary N) is 3. The van der Waals surface area contributed by atoms with E-state index in [1.54, 1.807) is 18.1 Å². The number of carbonyl (C=O) groups excluding carboxylic acids is 4. The van der Waals surface area contributed by atoms with E-state index in [0.717, 1.165) is 30.2 Å². The van der Waals surface area contributed by atoms with E-state index < -0.39 is 36.3 Å². The molecule has 2 aromatic rings. The van der Waals surface area contributed by atoms with E-state index in [-0.39, 0.29) is 30.1 Å². The number of aromatic nitrogens is 1. The fraction of sp³-hybridized carbons (Fsp3) is 0.538. The minimum absolute atomic E-state index is 0.00696. The van der Waals surface area contributed by atoms with Crippen LogP contribution in [0.2, 0.25) is 0 Å². The predicted octanol–water partition coefficient (Wildman–Crippen LogP) is 0.990. The largest absolute Gasteiger partial charge is 0.496 e. The second-order valence-electron chi connectivity index (χ2n) is 10.1. The van der Waals surface area contributed by atoms with E-state index >= 15 is 0 Å². The van der Waals surface area contributed by atoms with Crippen LogP contribution in [0.1, 0.15) is 42.6 Å². The van der Waals surface area contributed by atoms with E-state index in [2.05, 4.69) is 15.6 Å². The molecule has 3 heterocycles. The number of amides is 3. The number of benzene rings is 1. The Kier molecular flexibility index (Phi) is 6.70. The van der Waals surface area contributed by atoms with Gasteiger partial charge in [0.2, 0.25) is 11.8 Å². The van der Waals surface area contributed by atoms with Gasteiger partial charge in [-0.25, -0.2) is 0 Å². The van der Waals surface area contributed by atoms with Crippen molar-refractivity contribution in [1.29, 1.82) is 0 Å². The van der Waals surface area contributed by atoms with E-state index in [1.807, 2.05) is 18.2 Å². The Balaban J connectivity index is 1.39. The van der Waals surface area contributed by atoms with Crippen LogP contribution in [0.15, 0.2) is 24.3 Å². The molecule has 3 fully saturated rings. The fourth-order valence-electron chi connectivity index (χ4n) is 6.22. The van der Waals surface area contributed by atoms with Crippen LogP contribution in [-0.2, 0) is 14.4 Å². The van der Waals surface area contributed by atoms with Crippen LogP contribution in [-0.4, -0.2) is 77.4 Å². The van der Waals surface area contributed by atoms with Gasteiger partial charge in [0.15, 0.2) is 5.78 Å². The van der Waals surface area contributed by atoms with Crippen molar-refractivity contribution in [2.75, 3.05) is 26.8 Å². The summed E-state index contributed by atoms with van der Waals surface area (Å²) in [6.07, 6.45) is 3.47. The van der Waals surface area contributed by atoms with Gasteiger partial charge in [-0.15, -0.1) is 0 Å². The fourth-order valence-corrected chi connectivity index (χ4v) is 6.22. The van der Waals surface area contributed by atoms with Gasteiger partial charge in [-0.05, 0) is 55.7 Å². The molecule has 36 heavy (non-hydrogen) atoms. The third-order valence-electron chi connectivity index (χ3n) is 8.04. The van der Waals surface area contributed by atoms with Gasteiger partial charge in [-0.3, -0.25) is 19.2 Å². The summed E-state index contributed by atoms with van der Waals surface area (Å²) in [5.41, 5.74) is 1.14. The zero-order chi connectivity index (χ0) is 25.4. The number of methoxy groups -OCH3 is 1. The first-order chi connectivity index (χ1) is 17.4. The lowest BCUT2D eigenvalue weighted by molar-refractivity contribution is -0.133. The second-order valence-corrected chi connectivity index (χ2v) is 10.1. The molecule has 1 aliphatic carbocycles. The van der Waals surface area contributed by atoms with Crippen LogP contribution in [0.5, 0.6) is 5.75 Å². The van der Waals surface area contributed by atoms with Crippen molar-refractivity contribution in [2.45, 2.75) is 44.2 Å². The predicted molar refractivity (Wildman–Crippen MR) is 130 cm³/mol. The maximum absolute atomic E-state index is 13.7. The summed E-state index contributed by atoms with van der Waals surface area (Å²) in [5.74, 6) is -0.889. The molecular weight excluding hydrogens is 464 g/mol. The number of H-pyrrole nitrogens is 1. The third kappa shape index (κ3) is 4.34. The first-order valence-corrected chi connectivity index (χ1v) is 12.6. The summed E-state index contributed by atoms with van der Waals surface area (Å²) in [6.45, 7) is 0.273. The van der Waals surface area contributed by atoms with Crippen molar-refractivity contribution in [2.24, 2.45) is 17.8 Å². The van der Waals surface area contributed by atoms with Crippen LogP contribution >= 0.6 is 0 Å². The van der Waals surface area contributed by atoms with E-state index in [1.165, 1.54) is 0 Å². The van der Waals surface area contributed by atoms with Crippen molar-refractivity contribution in [1.82, 2.24) is 20.5 Å². The number of ether oxygens (including phenoxy) is 1. The van der Waals surface area contributed by atoms with Crippen molar-refractivity contribution in [3.63, 3.8) is 0 Å². The summed E-state index contributed by atoms with van der Waals surface area (Å²) >= 11 is 0. The Morgan fingerprint density at radius 3 is 2.81 bits per heavy atom. The molecule has 0 radical (unpaired) electrons. The van der Waals surface area contributed by atoms with Crippen molar-refractivity contribution in [3.8, 4) is 5.75 Å². The summed E-state index contributed by atoms with van der Waals surface area (Å²) in [7, 11) is 1.57. The maximum Gasteiger partial charge on any atom is 0.271 e. The Labute approximate surface area is 208 Å². The normalized spacial score (nSPS) is 26.1. The lowest BCUT2D eigenvalue weighted by atomic mass is 9.92. The summed E-state index contributed by atoms with van der Waals surface area (Å²) < 4.78 is 5.42. The number of likely N-dealkylation sites (tertiary alicyclic amines) is 1. The minimum Gasteiger partial charge on any atom is -0.496 e. The molecular formula is C26H32N4O6. The van der Waals surface area contributed by atoms with Gasteiger partial charge in [-0.2, -0.15) is 0 Å². The molecule has 5 atom stereocenters. The molecule has 5 unspecified atom stereocenters. The molecule has 192 valence electrons. The lowest BCUT2D eigenvalue weighted by Crippen LogP contribution is -2.53. The number of aliphatic hydroxyl groups excluding tert-OH is 1. The van der Waals surface area contributed by atoms with Crippen molar-refractivity contribution < 1.29 is 29.0 Å². The molecule has 1 aromatic carbocycles. The number of hydrogen-bond donors (Lipinski definition) is 4. The smallest absolute Gasteiger partial charge is 0.271 e. The Morgan fingerprint density at radius 1 is 1.25 bits per heavy atom. The van der Waals surface area contributed by atoms with Gasteiger partial charge in [0.05, 0.1) is 13.2 Å². The van der Waals surface area contributed by atoms with Crippen molar-refractivity contribution in [3.05, 3.63) is 30.0 Å². The lowest BCUT2D eigenvalue weighted by Gasteiger charge is -2.29. The number of Topliss-reactive ketones (excluding diaryl/α,β-unsaturated/α-hetero) is 1. The quantitative estimate of drug-likeness (QED) is 0.430. The van der Waals surface area contributed by atoms with Gasteiger partial charge in [0.1, 0.15) is 24.1 Å². The average molecular weight is 497 g/mol. The molecule has 4 N–H and O–H groups in total. The van der Waals surface area contributed by atoms with Crippen LogP contribution in [0.3, 0.4) is 0 Å². The molecule has 2 saturated heterocycles. The third-order valence-corrected chi connectivity index (χ3v) is 8.04. The number of carbonyl (C=O) groups is 4. The van der Waals surface area contributed by atoms with Gasteiger partial charge in [0.25, 0.3) is 5.91 Å². The van der Waals surface area contributed by atoms with E-state index in [9.17, 15) is 24.3 Å². The molecule has 0 spiro atoms. The Bertz CT molecular complexity index is 1190. The highest BCUT2D eigenvalue weighted by Crippen LogP contribution is 2.43. The molecule has 1 aromatic heterocycles. The van der Waals surface area contributed by atoms with Gasteiger partial charge in [0, 0.05) is 29.9 Å². The number of aliphatic hydroxyl groups is 1. The zero-order valence-corrected chi connectivity index (χ0v) is 20.3. The number of fused-ring (bicyclic) bond motifs is 2. The monoisotopic (exact) mass is 496 g/mol. The highest BCUT2D eigenvalue weighted by atomic mass is 16.5. The first-order valence-electron chi connectivity index (χ1n) is 12.6. The SMILES string of the molecule is COc1cccc2[nH]c(C(=O)N3CC4CCCC4C3C(=O)NC(CC3CCNC3=O)C(=O)CO)cc12. The number of hydrogen-bond acceptors (Lipinski definition) is 6. The van der Waals surface area contributed by atoms with Gasteiger partial charge < -0.3 is 30.4 Å².